The summed E-state index contributed by atoms with van der Waals surface area (Å²) in [6, 6.07) is 9.89. The lowest BCUT2D eigenvalue weighted by Crippen LogP contribution is -2.01. The van der Waals surface area contributed by atoms with Gasteiger partial charge in [0.05, 0.1) is 12.7 Å². The van der Waals surface area contributed by atoms with Gasteiger partial charge in [-0.25, -0.2) is 9.97 Å². The quantitative estimate of drug-likeness (QED) is 0.912. The van der Waals surface area contributed by atoms with Crippen molar-refractivity contribution in [3.63, 3.8) is 0 Å². The Morgan fingerprint density at radius 3 is 2.68 bits per heavy atom. The molecule has 0 bridgehead atoms. The molecule has 1 saturated carbocycles. The minimum atomic E-state index is 0.601. The van der Waals surface area contributed by atoms with E-state index in [0.29, 0.717) is 5.92 Å². The lowest BCUT2D eigenvalue weighted by Gasteiger charge is -2.10. The molecule has 2 aromatic rings. The lowest BCUT2D eigenvalue weighted by molar-refractivity contribution is 0.416. The van der Waals surface area contributed by atoms with Gasteiger partial charge in [-0.1, -0.05) is 12.1 Å². The molecule has 3 rings (SSSR count). The average Bonchev–Trinajstić information content (AvgIpc) is 3.31. The summed E-state index contributed by atoms with van der Waals surface area (Å²) in [5.74, 6) is 2.99. The van der Waals surface area contributed by atoms with Crippen LogP contribution in [0.3, 0.4) is 0 Å². The van der Waals surface area contributed by atoms with Gasteiger partial charge in [0.1, 0.15) is 11.6 Å². The summed E-state index contributed by atoms with van der Waals surface area (Å²) in [7, 11) is 3.55. The first kappa shape index (κ1) is 12.0. The van der Waals surface area contributed by atoms with Crippen LogP contribution in [0, 0.1) is 0 Å². The molecule has 0 atom stereocenters. The largest absolute Gasteiger partial charge is 0.496 e. The summed E-state index contributed by atoms with van der Waals surface area (Å²) < 4.78 is 5.39. The Hall–Kier alpha value is -2.10. The molecule has 0 radical (unpaired) electrons. The minimum absolute atomic E-state index is 0.601. The van der Waals surface area contributed by atoms with Crippen molar-refractivity contribution in [3.8, 4) is 17.1 Å². The van der Waals surface area contributed by atoms with Crippen molar-refractivity contribution in [3.05, 3.63) is 36.0 Å². The summed E-state index contributed by atoms with van der Waals surface area (Å²) in [5.41, 5.74) is 2.06. The van der Waals surface area contributed by atoms with Gasteiger partial charge >= 0.3 is 0 Å². The number of hydrogen-bond acceptors (Lipinski definition) is 4. The minimum Gasteiger partial charge on any atom is -0.496 e. The number of rotatable bonds is 4. The van der Waals surface area contributed by atoms with E-state index in [0.717, 1.165) is 28.6 Å². The van der Waals surface area contributed by atoms with E-state index < -0.39 is 0 Å². The first-order valence-electron chi connectivity index (χ1n) is 6.52. The molecule has 4 nitrogen and oxygen atoms in total. The number of para-hydroxylation sites is 1. The van der Waals surface area contributed by atoms with Crippen molar-refractivity contribution >= 4 is 5.82 Å². The Balaban J connectivity index is 2.10. The second-order valence-corrected chi connectivity index (χ2v) is 4.73. The molecule has 4 heteroatoms. The van der Waals surface area contributed by atoms with Crippen molar-refractivity contribution in [1.82, 2.24) is 9.97 Å². The van der Waals surface area contributed by atoms with Gasteiger partial charge in [0.15, 0.2) is 5.82 Å². The number of benzene rings is 1. The third-order valence-electron chi connectivity index (χ3n) is 3.35. The van der Waals surface area contributed by atoms with Crippen LogP contribution in [-0.4, -0.2) is 24.1 Å². The van der Waals surface area contributed by atoms with E-state index in [1.54, 1.807) is 7.11 Å². The molecule has 19 heavy (non-hydrogen) atoms. The van der Waals surface area contributed by atoms with Crippen LogP contribution >= 0.6 is 0 Å². The van der Waals surface area contributed by atoms with Gasteiger partial charge in [-0.15, -0.1) is 0 Å². The molecule has 1 heterocycles. The Morgan fingerprint density at radius 2 is 2.00 bits per heavy atom. The Labute approximate surface area is 112 Å². The fourth-order valence-corrected chi connectivity index (χ4v) is 2.13. The molecular weight excluding hydrogens is 238 g/mol. The van der Waals surface area contributed by atoms with E-state index >= 15 is 0 Å². The summed E-state index contributed by atoms with van der Waals surface area (Å²) in [6.45, 7) is 0. The predicted octanol–water partition coefficient (Wildman–Crippen LogP) is 3.07. The molecule has 1 fully saturated rings. The number of anilines is 1. The van der Waals surface area contributed by atoms with Crippen molar-refractivity contribution < 1.29 is 4.74 Å². The first-order chi connectivity index (χ1) is 9.31. The Morgan fingerprint density at radius 1 is 1.21 bits per heavy atom. The molecule has 1 aliphatic rings. The maximum absolute atomic E-state index is 5.39. The molecule has 0 spiro atoms. The molecule has 98 valence electrons. The number of hydrogen-bond donors (Lipinski definition) is 1. The van der Waals surface area contributed by atoms with Gasteiger partial charge in [0.2, 0.25) is 0 Å². The van der Waals surface area contributed by atoms with E-state index in [4.69, 9.17) is 9.72 Å². The highest BCUT2D eigenvalue weighted by molar-refractivity contribution is 5.65. The second-order valence-electron chi connectivity index (χ2n) is 4.73. The van der Waals surface area contributed by atoms with Gasteiger partial charge in [0, 0.05) is 24.7 Å². The molecule has 0 aliphatic heterocycles. The summed E-state index contributed by atoms with van der Waals surface area (Å²) >= 11 is 0. The number of ether oxygens (including phenoxy) is 1. The van der Waals surface area contributed by atoms with Gasteiger partial charge in [-0.2, -0.15) is 0 Å². The van der Waals surface area contributed by atoms with Crippen molar-refractivity contribution in [2.24, 2.45) is 0 Å². The van der Waals surface area contributed by atoms with Crippen LogP contribution in [0.25, 0.3) is 11.4 Å². The van der Waals surface area contributed by atoms with E-state index in [1.165, 1.54) is 12.8 Å². The van der Waals surface area contributed by atoms with Crippen molar-refractivity contribution in [2.75, 3.05) is 19.5 Å². The zero-order chi connectivity index (χ0) is 13.2. The normalized spacial score (nSPS) is 14.2. The van der Waals surface area contributed by atoms with Gasteiger partial charge < -0.3 is 10.1 Å². The zero-order valence-electron chi connectivity index (χ0n) is 11.2. The Kier molecular flexibility index (Phi) is 3.07. The highest BCUT2D eigenvalue weighted by atomic mass is 16.5. The van der Waals surface area contributed by atoms with E-state index in [1.807, 2.05) is 37.4 Å². The molecule has 0 amide bonds. The second kappa shape index (κ2) is 4.88. The number of nitrogens with one attached hydrogen (secondary N) is 1. The van der Waals surface area contributed by atoms with Crippen LogP contribution < -0.4 is 10.1 Å². The molecule has 1 N–H and O–H groups in total. The van der Waals surface area contributed by atoms with Gasteiger partial charge in [-0.3, -0.25) is 0 Å². The molecule has 1 aliphatic carbocycles. The Bertz CT molecular complexity index is 594. The van der Waals surface area contributed by atoms with Crippen molar-refractivity contribution in [2.45, 2.75) is 18.8 Å². The number of aromatic nitrogens is 2. The lowest BCUT2D eigenvalue weighted by atomic mass is 10.1. The highest BCUT2D eigenvalue weighted by Gasteiger charge is 2.26. The average molecular weight is 255 g/mol. The van der Waals surface area contributed by atoms with Gasteiger partial charge in [-0.05, 0) is 25.0 Å². The van der Waals surface area contributed by atoms with Crippen LogP contribution in [-0.2, 0) is 0 Å². The highest BCUT2D eigenvalue weighted by Crippen LogP contribution is 2.40. The summed E-state index contributed by atoms with van der Waals surface area (Å²) in [6.07, 6.45) is 2.46. The summed E-state index contributed by atoms with van der Waals surface area (Å²) in [4.78, 5) is 9.23. The van der Waals surface area contributed by atoms with Crippen LogP contribution in [0.4, 0.5) is 5.82 Å². The van der Waals surface area contributed by atoms with E-state index in [2.05, 4.69) is 10.3 Å². The standard InChI is InChI=1S/C15H17N3O/c1-16-14-9-12(10-7-8-10)17-15(18-14)11-5-3-4-6-13(11)19-2/h3-6,9-10H,7-8H2,1-2H3,(H,16,17,18). The van der Waals surface area contributed by atoms with Crippen LogP contribution in [0.15, 0.2) is 30.3 Å². The third-order valence-corrected chi connectivity index (χ3v) is 3.35. The van der Waals surface area contributed by atoms with E-state index in [9.17, 15) is 0 Å². The van der Waals surface area contributed by atoms with Gasteiger partial charge in [0.25, 0.3) is 0 Å². The first-order valence-corrected chi connectivity index (χ1v) is 6.52. The molecule has 0 unspecified atom stereocenters. The maximum atomic E-state index is 5.39. The van der Waals surface area contributed by atoms with Crippen LogP contribution in [0.1, 0.15) is 24.5 Å². The summed E-state index contributed by atoms with van der Waals surface area (Å²) in [5, 5.41) is 3.11. The van der Waals surface area contributed by atoms with E-state index in [-0.39, 0.29) is 0 Å². The number of methoxy groups -OCH3 is 1. The smallest absolute Gasteiger partial charge is 0.165 e. The molecular formula is C15H17N3O. The molecule has 0 saturated heterocycles. The fourth-order valence-electron chi connectivity index (χ4n) is 2.13. The predicted molar refractivity (Wildman–Crippen MR) is 75.5 cm³/mol. The maximum Gasteiger partial charge on any atom is 0.165 e. The fraction of sp³-hybridized carbons (Fsp3) is 0.333. The third kappa shape index (κ3) is 2.38. The zero-order valence-corrected chi connectivity index (χ0v) is 11.2. The molecule has 1 aromatic carbocycles. The van der Waals surface area contributed by atoms with Crippen LogP contribution in [0.2, 0.25) is 0 Å². The monoisotopic (exact) mass is 255 g/mol. The van der Waals surface area contributed by atoms with Crippen LogP contribution in [0.5, 0.6) is 5.75 Å². The molecule has 1 aromatic heterocycles. The number of nitrogens with zero attached hydrogens (tertiary/aromatic N) is 2. The topological polar surface area (TPSA) is 47.0 Å². The SMILES string of the molecule is CNc1cc(C2CC2)nc(-c2ccccc2OC)n1. The van der Waals surface area contributed by atoms with Crippen molar-refractivity contribution in [1.29, 1.82) is 0 Å².